The number of ether oxygens (including phenoxy) is 1. The Balaban J connectivity index is 1.53. The first kappa shape index (κ1) is 18.7. The van der Waals surface area contributed by atoms with Crippen molar-refractivity contribution in [3.63, 3.8) is 0 Å². The van der Waals surface area contributed by atoms with E-state index in [-0.39, 0.29) is 0 Å². The number of hydrogen-bond acceptors (Lipinski definition) is 3. The highest BCUT2D eigenvalue weighted by atomic mass is 16.5. The highest BCUT2D eigenvalue weighted by Gasteiger charge is 2.38. The molecule has 2 aliphatic heterocycles. The van der Waals surface area contributed by atoms with Gasteiger partial charge in [0.1, 0.15) is 5.78 Å². The smallest absolute Gasteiger partial charge is 0.136 e. The molecule has 2 unspecified atom stereocenters. The fraction of sp³-hybridized carbons (Fsp3) is 0.850. The number of carbonyl (C=O) groups excluding carboxylic acids is 1. The summed E-state index contributed by atoms with van der Waals surface area (Å²) in [6.07, 6.45) is 14.8. The maximum Gasteiger partial charge on any atom is 0.136 e. The van der Waals surface area contributed by atoms with Gasteiger partial charge in [0.25, 0.3) is 0 Å². The molecular formula is C20H35NO2. The van der Waals surface area contributed by atoms with Gasteiger partial charge in [0, 0.05) is 24.4 Å². The number of likely N-dealkylation sites (N-methyl/N-ethyl adjacent to an activating group) is 1. The zero-order valence-electron chi connectivity index (χ0n) is 15.0. The highest BCUT2D eigenvalue weighted by Crippen LogP contribution is 2.31. The average molecular weight is 322 g/mol. The molecule has 2 saturated heterocycles. The van der Waals surface area contributed by atoms with Gasteiger partial charge in [-0.25, -0.2) is 0 Å². The molecule has 3 heteroatoms. The van der Waals surface area contributed by atoms with Gasteiger partial charge in [0.05, 0.1) is 13.2 Å². The number of nitrogens with zero attached hydrogens (tertiary/aromatic N) is 1. The standard InChI is InChI=1S/C20H35NO2/c1-3-4-5-6-7-8-9-10-11-12-20(22)17-13-18-15-23-16-19(14-17)21(18)2/h3,17-19H,1,4-16H2,2H3. The first-order valence-electron chi connectivity index (χ1n) is 9.65. The largest absolute Gasteiger partial charge is 0.378 e. The maximum absolute atomic E-state index is 12.5. The van der Waals surface area contributed by atoms with E-state index in [0.29, 0.717) is 23.8 Å². The second-order valence-corrected chi connectivity index (χ2v) is 7.45. The van der Waals surface area contributed by atoms with Gasteiger partial charge >= 0.3 is 0 Å². The molecule has 23 heavy (non-hydrogen) atoms. The monoisotopic (exact) mass is 321 g/mol. The molecule has 0 aromatic rings. The number of unbranched alkanes of at least 4 members (excludes halogenated alkanes) is 7. The zero-order chi connectivity index (χ0) is 16.5. The summed E-state index contributed by atoms with van der Waals surface area (Å²) in [6, 6.07) is 0.930. The number of piperidine rings is 1. The van der Waals surface area contributed by atoms with Gasteiger partial charge in [-0.15, -0.1) is 6.58 Å². The van der Waals surface area contributed by atoms with Crippen molar-refractivity contribution in [1.29, 1.82) is 0 Å². The fourth-order valence-electron chi connectivity index (χ4n) is 4.03. The van der Waals surface area contributed by atoms with Gasteiger partial charge < -0.3 is 4.74 Å². The Morgan fingerprint density at radius 3 is 2.22 bits per heavy atom. The number of carbonyl (C=O) groups is 1. The minimum Gasteiger partial charge on any atom is -0.378 e. The summed E-state index contributed by atoms with van der Waals surface area (Å²) in [5.74, 6) is 0.810. The molecule has 0 aliphatic carbocycles. The van der Waals surface area contributed by atoms with E-state index in [4.69, 9.17) is 4.74 Å². The molecule has 0 saturated carbocycles. The number of allylic oxidation sites excluding steroid dienone is 1. The molecule has 0 amide bonds. The van der Waals surface area contributed by atoms with Crippen LogP contribution in [0.5, 0.6) is 0 Å². The van der Waals surface area contributed by atoms with Gasteiger partial charge in [-0.1, -0.05) is 38.2 Å². The summed E-state index contributed by atoms with van der Waals surface area (Å²) < 4.78 is 5.64. The first-order chi connectivity index (χ1) is 11.2. The predicted molar refractivity (Wildman–Crippen MR) is 95.6 cm³/mol. The quantitative estimate of drug-likeness (QED) is 0.418. The molecule has 132 valence electrons. The predicted octanol–water partition coefficient (Wildman–Crippen LogP) is 4.36. The summed E-state index contributed by atoms with van der Waals surface area (Å²) in [7, 11) is 2.19. The molecule has 2 atom stereocenters. The topological polar surface area (TPSA) is 29.5 Å². The molecule has 3 nitrogen and oxygen atoms in total. The van der Waals surface area contributed by atoms with Gasteiger partial charge in [0.15, 0.2) is 0 Å². The lowest BCUT2D eigenvalue weighted by Gasteiger charge is -2.46. The van der Waals surface area contributed by atoms with E-state index in [0.717, 1.165) is 45.3 Å². The lowest BCUT2D eigenvalue weighted by Crippen LogP contribution is -2.55. The molecule has 2 aliphatic rings. The third kappa shape index (κ3) is 6.04. The fourth-order valence-corrected chi connectivity index (χ4v) is 4.03. The van der Waals surface area contributed by atoms with Crippen molar-refractivity contribution in [2.75, 3.05) is 20.3 Å². The van der Waals surface area contributed by atoms with Crippen molar-refractivity contribution in [3.8, 4) is 0 Å². The van der Waals surface area contributed by atoms with Gasteiger partial charge in [-0.3, -0.25) is 9.69 Å². The normalized spacial score (nSPS) is 27.8. The van der Waals surface area contributed by atoms with E-state index in [2.05, 4.69) is 18.5 Å². The van der Waals surface area contributed by atoms with Crippen molar-refractivity contribution < 1.29 is 9.53 Å². The average Bonchev–Trinajstić information content (AvgIpc) is 2.53. The summed E-state index contributed by atoms with van der Waals surface area (Å²) >= 11 is 0. The second-order valence-electron chi connectivity index (χ2n) is 7.45. The third-order valence-corrected chi connectivity index (χ3v) is 5.67. The molecule has 2 heterocycles. The van der Waals surface area contributed by atoms with Gasteiger partial charge in [-0.05, 0) is 39.2 Å². The first-order valence-corrected chi connectivity index (χ1v) is 9.65. The van der Waals surface area contributed by atoms with Crippen molar-refractivity contribution in [2.24, 2.45) is 5.92 Å². The summed E-state index contributed by atoms with van der Waals surface area (Å²) in [6.45, 7) is 5.37. The summed E-state index contributed by atoms with van der Waals surface area (Å²) in [5, 5.41) is 0. The molecule has 2 rings (SSSR count). The highest BCUT2D eigenvalue weighted by molar-refractivity contribution is 5.81. The second kappa shape index (κ2) is 10.2. The number of fused-ring (bicyclic) bond motifs is 2. The Kier molecular flexibility index (Phi) is 8.32. The van der Waals surface area contributed by atoms with E-state index in [1.54, 1.807) is 0 Å². The number of hydrogen-bond donors (Lipinski definition) is 0. The van der Waals surface area contributed by atoms with Crippen LogP contribution in [0.4, 0.5) is 0 Å². The van der Waals surface area contributed by atoms with Crippen LogP contribution in [-0.4, -0.2) is 43.0 Å². The van der Waals surface area contributed by atoms with Crippen LogP contribution < -0.4 is 0 Å². The van der Waals surface area contributed by atoms with Crippen molar-refractivity contribution in [3.05, 3.63) is 12.7 Å². The van der Waals surface area contributed by atoms with Crippen molar-refractivity contribution in [1.82, 2.24) is 4.90 Å². The summed E-state index contributed by atoms with van der Waals surface area (Å²) in [5.41, 5.74) is 0. The van der Waals surface area contributed by atoms with E-state index in [9.17, 15) is 4.79 Å². The van der Waals surface area contributed by atoms with Crippen LogP contribution >= 0.6 is 0 Å². The van der Waals surface area contributed by atoms with Crippen molar-refractivity contribution >= 4 is 5.78 Å². The molecule has 2 bridgehead atoms. The van der Waals surface area contributed by atoms with E-state index in [1.165, 1.54) is 38.5 Å². The minimum atomic E-state index is 0.295. The number of Topliss-reactive ketones (excluding diaryl/α,β-unsaturated/α-hetero) is 1. The Morgan fingerprint density at radius 1 is 1.04 bits per heavy atom. The zero-order valence-corrected chi connectivity index (χ0v) is 15.0. The molecule has 0 aromatic carbocycles. The van der Waals surface area contributed by atoms with Crippen LogP contribution in [0.15, 0.2) is 12.7 Å². The van der Waals surface area contributed by atoms with Gasteiger partial charge in [-0.2, -0.15) is 0 Å². The Morgan fingerprint density at radius 2 is 1.61 bits per heavy atom. The molecule has 0 radical (unpaired) electrons. The van der Waals surface area contributed by atoms with Crippen LogP contribution in [0.2, 0.25) is 0 Å². The Hall–Kier alpha value is -0.670. The van der Waals surface area contributed by atoms with Gasteiger partial charge in [0.2, 0.25) is 0 Å². The Bertz CT molecular complexity index is 355. The Labute approximate surface area is 142 Å². The lowest BCUT2D eigenvalue weighted by atomic mass is 9.81. The number of ketones is 1. The van der Waals surface area contributed by atoms with Crippen LogP contribution in [0, 0.1) is 5.92 Å². The molecule has 0 spiro atoms. The molecule has 0 N–H and O–H groups in total. The molecule has 0 aromatic heterocycles. The van der Waals surface area contributed by atoms with E-state index in [1.807, 2.05) is 6.08 Å². The maximum atomic E-state index is 12.5. The summed E-state index contributed by atoms with van der Waals surface area (Å²) in [4.78, 5) is 14.9. The van der Waals surface area contributed by atoms with Crippen molar-refractivity contribution in [2.45, 2.75) is 82.7 Å². The van der Waals surface area contributed by atoms with Crippen LogP contribution in [-0.2, 0) is 9.53 Å². The van der Waals surface area contributed by atoms with E-state index >= 15 is 0 Å². The minimum absolute atomic E-state index is 0.295. The lowest BCUT2D eigenvalue weighted by molar-refractivity contribution is -0.131. The number of morpholine rings is 1. The van der Waals surface area contributed by atoms with Crippen LogP contribution in [0.25, 0.3) is 0 Å². The number of rotatable bonds is 11. The SMILES string of the molecule is C=CCCCCCCCCCC(=O)C1CC2COCC(C1)N2C. The molecular weight excluding hydrogens is 286 g/mol. The van der Waals surface area contributed by atoms with Crippen LogP contribution in [0.3, 0.4) is 0 Å². The van der Waals surface area contributed by atoms with Crippen LogP contribution in [0.1, 0.15) is 70.6 Å². The molecule has 2 fully saturated rings. The third-order valence-electron chi connectivity index (χ3n) is 5.67. The van der Waals surface area contributed by atoms with E-state index < -0.39 is 0 Å².